The van der Waals surface area contributed by atoms with Crippen LogP contribution in [0.4, 0.5) is 0 Å². The highest BCUT2D eigenvalue weighted by Crippen LogP contribution is 2.05. The molecule has 0 aliphatic carbocycles. The Hall–Kier alpha value is -0.500. The first kappa shape index (κ1) is 7.50. The molecule has 0 radical (unpaired) electrons. The van der Waals surface area contributed by atoms with Crippen molar-refractivity contribution >= 4 is 0 Å². The lowest BCUT2D eigenvalue weighted by molar-refractivity contribution is 0.393. The van der Waals surface area contributed by atoms with E-state index >= 15 is 0 Å². The van der Waals surface area contributed by atoms with Crippen molar-refractivity contribution < 1.29 is 0 Å². The molecule has 0 spiro atoms. The molecule has 48 valence electrons. The molecule has 0 bridgehead atoms. The van der Waals surface area contributed by atoms with Gasteiger partial charge in [0.25, 0.3) is 0 Å². The molecule has 0 heterocycles. The van der Waals surface area contributed by atoms with Gasteiger partial charge in [0.1, 0.15) is 0 Å². The van der Waals surface area contributed by atoms with Crippen molar-refractivity contribution in [2.24, 2.45) is 11.8 Å². The van der Waals surface area contributed by atoms with Gasteiger partial charge in [0, 0.05) is 12.7 Å². The van der Waals surface area contributed by atoms with Crippen LogP contribution in [0.15, 0.2) is 12.3 Å². The number of nitrogens with zero attached hydrogens (tertiary/aromatic N) is 1. The Morgan fingerprint density at radius 2 is 2.00 bits per heavy atom. The third kappa shape index (κ3) is 1.98. The van der Waals surface area contributed by atoms with Crippen LogP contribution in [-0.4, -0.2) is 12.1 Å². The van der Waals surface area contributed by atoms with E-state index in [1.54, 1.807) is 12.1 Å². The highest BCUT2D eigenvalue weighted by molar-refractivity contribution is 4.92. The van der Waals surface area contributed by atoms with Crippen LogP contribution in [0.2, 0.25) is 0 Å². The Morgan fingerprint density at radius 1 is 1.62 bits per heavy atom. The van der Waals surface area contributed by atoms with E-state index in [1.807, 2.05) is 0 Å². The molecule has 0 aromatic rings. The van der Waals surface area contributed by atoms with Gasteiger partial charge in [-0.3, -0.25) is 0 Å². The Morgan fingerprint density at radius 3 is 2.00 bits per heavy atom. The number of nitrogens with two attached hydrogens (primary N) is 1. The van der Waals surface area contributed by atoms with Crippen molar-refractivity contribution in [3.63, 3.8) is 0 Å². The second-order valence-corrected chi connectivity index (χ2v) is 2.26. The molecule has 0 unspecified atom stereocenters. The van der Waals surface area contributed by atoms with Gasteiger partial charge >= 0.3 is 0 Å². The molecule has 0 saturated carbocycles. The van der Waals surface area contributed by atoms with Crippen molar-refractivity contribution in [2.45, 2.75) is 13.8 Å². The molecule has 0 aromatic heterocycles. The van der Waals surface area contributed by atoms with E-state index < -0.39 is 0 Å². The number of hydrogen-bond acceptors (Lipinski definition) is 2. The first-order chi connectivity index (χ1) is 3.55. The lowest BCUT2D eigenvalue weighted by Crippen LogP contribution is -2.26. The predicted octanol–water partition coefficient (Wildman–Crippen LogP) is 0.962. The minimum atomic E-state index is 0.449. The van der Waals surface area contributed by atoms with Crippen LogP contribution < -0.4 is 5.84 Å². The summed E-state index contributed by atoms with van der Waals surface area (Å²) in [6, 6.07) is 0. The van der Waals surface area contributed by atoms with Gasteiger partial charge in [0.2, 0.25) is 0 Å². The fraction of sp³-hybridized carbons (Fsp3) is 0.667. The largest absolute Gasteiger partial charge is 0.319 e. The highest BCUT2D eigenvalue weighted by Gasteiger charge is 1.99. The van der Waals surface area contributed by atoms with E-state index in [4.69, 9.17) is 5.84 Å². The number of hydrazine groups is 1. The zero-order valence-electron chi connectivity index (χ0n) is 5.81. The molecule has 0 aliphatic heterocycles. The lowest BCUT2D eigenvalue weighted by Gasteiger charge is -2.17. The van der Waals surface area contributed by atoms with Gasteiger partial charge < -0.3 is 5.01 Å². The quantitative estimate of drug-likeness (QED) is 0.428. The Bertz CT molecular complexity index is 74.5. The normalized spacial score (nSPS) is 9.62. The first-order valence-corrected chi connectivity index (χ1v) is 2.73. The predicted molar refractivity (Wildman–Crippen MR) is 35.9 cm³/mol. The zero-order valence-corrected chi connectivity index (χ0v) is 5.81. The van der Waals surface area contributed by atoms with Gasteiger partial charge in [0.15, 0.2) is 0 Å². The number of allylic oxidation sites excluding steroid dienone is 1. The fourth-order valence-corrected chi connectivity index (χ4v) is 0.407. The minimum absolute atomic E-state index is 0.449. The van der Waals surface area contributed by atoms with Crippen LogP contribution in [0.1, 0.15) is 13.8 Å². The fourth-order valence-electron chi connectivity index (χ4n) is 0.407. The van der Waals surface area contributed by atoms with Crippen LogP contribution >= 0.6 is 0 Å². The standard InChI is InChI=1S/C6H14N2/c1-5(2)6(3)8(4)7/h5H,3,7H2,1-2,4H3. The summed E-state index contributed by atoms with van der Waals surface area (Å²) >= 11 is 0. The van der Waals surface area contributed by atoms with Crippen LogP contribution in [0.5, 0.6) is 0 Å². The Balaban J connectivity index is 3.65. The number of rotatable bonds is 2. The molecule has 0 rings (SSSR count). The zero-order chi connectivity index (χ0) is 6.73. The molecule has 2 nitrogen and oxygen atoms in total. The van der Waals surface area contributed by atoms with E-state index in [9.17, 15) is 0 Å². The molecular weight excluding hydrogens is 100 g/mol. The third-order valence-electron chi connectivity index (χ3n) is 1.12. The first-order valence-electron chi connectivity index (χ1n) is 2.73. The molecule has 0 amide bonds. The molecule has 8 heavy (non-hydrogen) atoms. The van der Waals surface area contributed by atoms with Crippen LogP contribution in [-0.2, 0) is 0 Å². The Labute approximate surface area is 50.9 Å². The summed E-state index contributed by atoms with van der Waals surface area (Å²) in [5, 5.41) is 1.55. The van der Waals surface area contributed by atoms with Gasteiger partial charge in [-0.2, -0.15) is 0 Å². The molecular formula is C6H14N2. The maximum absolute atomic E-state index is 5.37. The second kappa shape index (κ2) is 2.72. The minimum Gasteiger partial charge on any atom is -0.319 e. The highest BCUT2D eigenvalue weighted by atomic mass is 15.4. The summed E-state index contributed by atoms with van der Waals surface area (Å²) in [4.78, 5) is 0. The lowest BCUT2D eigenvalue weighted by atomic mass is 10.1. The summed E-state index contributed by atoms with van der Waals surface area (Å²) in [5.41, 5.74) is 0.963. The summed E-state index contributed by atoms with van der Waals surface area (Å²) in [6.45, 7) is 7.88. The van der Waals surface area contributed by atoms with Crippen LogP contribution in [0.25, 0.3) is 0 Å². The van der Waals surface area contributed by atoms with E-state index in [0.29, 0.717) is 5.92 Å². The van der Waals surface area contributed by atoms with Crippen LogP contribution in [0.3, 0.4) is 0 Å². The maximum atomic E-state index is 5.37. The maximum Gasteiger partial charge on any atom is 0.0241 e. The monoisotopic (exact) mass is 114 g/mol. The topological polar surface area (TPSA) is 29.3 Å². The molecule has 0 aromatic carbocycles. The summed E-state index contributed by atoms with van der Waals surface area (Å²) in [6.07, 6.45) is 0. The second-order valence-electron chi connectivity index (χ2n) is 2.26. The van der Waals surface area contributed by atoms with E-state index in [2.05, 4.69) is 20.4 Å². The summed E-state index contributed by atoms with van der Waals surface area (Å²) in [7, 11) is 1.79. The summed E-state index contributed by atoms with van der Waals surface area (Å²) in [5.74, 6) is 5.82. The smallest absolute Gasteiger partial charge is 0.0241 e. The van der Waals surface area contributed by atoms with Gasteiger partial charge in [0.05, 0.1) is 0 Å². The van der Waals surface area contributed by atoms with Gasteiger partial charge in [-0.15, -0.1) is 0 Å². The van der Waals surface area contributed by atoms with Gasteiger partial charge in [-0.1, -0.05) is 20.4 Å². The average Bonchev–Trinajstić information content (AvgIpc) is 1.64. The van der Waals surface area contributed by atoms with E-state index in [1.165, 1.54) is 0 Å². The molecule has 0 aliphatic rings. The van der Waals surface area contributed by atoms with Crippen molar-refractivity contribution in [3.8, 4) is 0 Å². The molecule has 0 fully saturated rings. The van der Waals surface area contributed by atoms with Crippen molar-refractivity contribution in [2.75, 3.05) is 7.05 Å². The van der Waals surface area contributed by atoms with Crippen LogP contribution in [0, 0.1) is 5.92 Å². The van der Waals surface area contributed by atoms with Crippen molar-refractivity contribution in [1.82, 2.24) is 5.01 Å². The average molecular weight is 114 g/mol. The van der Waals surface area contributed by atoms with Crippen molar-refractivity contribution in [1.29, 1.82) is 0 Å². The number of hydrogen-bond donors (Lipinski definition) is 1. The molecule has 0 saturated heterocycles. The summed E-state index contributed by atoms with van der Waals surface area (Å²) < 4.78 is 0. The SMILES string of the molecule is C=C(C(C)C)N(C)N. The molecule has 0 atom stereocenters. The Kier molecular flexibility index (Phi) is 2.55. The molecule has 2 heteroatoms. The van der Waals surface area contributed by atoms with Gasteiger partial charge in [-0.25, -0.2) is 5.84 Å². The van der Waals surface area contributed by atoms with Gasteiger partial charge in [-0.05, 0) is 5.92 Å². The third-order valence-corrected chi connectivity index (χ3v) is 1.12. The van der Waals surface area contributed by atoms with E-state index in [-0.39, 0.29) is 0 Å². The van der Waals surface area contributed by atoms with E-state index in [0.717, 1.165) is 5.70 Å². The van der Waals surface area contributed by atoms with Crippen molar-refractivity contribution in [3.05, 3.63) is 12.3 Å². The molecule has 2 N–H and O–H groups in total.